The van der Waals surface area contributed by atoms with Gasteiger partial charge in [0.1, 0.15) is 5.52 Å². The number of methoxy groups -OCH3 is 1. The number of pyridine rings is 1. The molecule has 1 aromatic carbocycles. The van der Waals surface area contributed by atoms with Gasteiger partial charge in [-0.1, -0.05) is 41.6 Å². The molecule has 0 saturated heterocycles. The maximum atomic E-state index is 11.9. The average molecular weight is 346 g/mol. The summed E-state index contributed by atoms with van der Waals surface area (Å²) in [6.45, 7) is 0. The third-order valence-electron chi connectivity index (χ3n) is 3.29. The minimum absolute atomic E-state index is 0.273. The third kappa shape index (κ3) is 3.00. The first-order valence-corrected chi connectivity index (χ1v) is 8.29. The lowest BCUT2D eigenvalue weighted by atomic mass is 10.0. The van der Waals surface area contributed by atoms with Gasteiger partial charge in [0.25, 0.3) is 0 Å². The van der Waals surface area contributed by atoms with Crippen LogP contribution in [0, 0.1) is 0 Å². The molecule has 0 spiro atoms. The molecule has 23 heavy (non-hydrogen) atoms. The highest BCUT2D eigenvalue weighted by Gasteiger charge is 2.16. The van der Waals surface area contributed by atoms with Crippen LogP contribution in [0.1, 0.15) is 10.4 Å². The largest absolute Gasteiger partial charge is 0.465 e. The van der Waals surface area contributed by atoms with E-state index < -0.39 is 5.97 Å². The number of carbonyl (C=O) groups is 1. The number of hydrogen-bond donors (Lipinski definition) is 0. The van der Waals surface area contributed by atoms with Crippen LogP contribution in [0.25, 0.3) is 22.2 Å². The SMILES string of the molecule is COC(=O)c1ccccc1-c1cc2cnc(SC)nc2c(Cl)n1. The zero-order valence-corrected chi connectivity index (χ0v) is 14.0. The van der Waals surface area contributed by atoms with Crippen molar-refractivity contribution in [2.45, 2.75) is 5.16 Å². The van der Waals surface area contributed by atoms with Crippen molar-refractivity contribution in [2.75, 3.05) is 13.4 Å². The molecule has 3 aromatic rings. The molecule has 7 heteroatoms. The highest BCUT2D eigenvalue weighted by molar-refractivity contribution is 7.98. The molecule has 0 aliphatic carbocycles. The van der Waals surface area contributed by atoms with Crippen molar-refractivity contribution >= 4 is 40.2 Å². The maximum Gasteiger partial charge on any atom is 0.338 e. The molecule has 116 valence electrons. The van der Waals surface area contributed by atoms with E-state index in [-0.39, 0.29) is 5.15 Å². The van der Waals surface area contributed by atoms with Crippen LogP contribution in [-0.4, -0.2) is 34.3 Å². The fourth-order valence-corrected chi connectivity index (χ4v) is 2.80. The first-order chi connectivity index (χ1) is 11.1. The summed E-state index contributed by atoms with van der Waals surface area (Å²) in [4.78, 5) is 24.9. The van der Waals surface area contributed by atoms with Gasteiger partial charge in [-0.15, -0.1) is 0 Å². The number of benzene rings is 1. The van der Waals surface area contributed by atoms with Crippen LogP contribution in [0.4, 0.5) is 0 Å². The highest BCUT2D eigenvalue weighted by atomic mass is 35.5. The molecule has 0 aliphatic rings. The molecule has 0 bridgehead atoms. The van der Waals surface area contributed by atoms with E-state index in [1.54, 1.807) is 24.4 Å². The molecule has 0 saturated carbocycles. The zero-order chi connectivity index (χ0) is 16.4. The van der Waals surface area contributed by atoms with Crippen molar-refractivity contribution in [3.8, 4) is 11.3 Å². The Hall–Kier alpha value is -2.18. The summed E-state index contributed by atoms with van der Waals surface area (Å²) in [6, 6.07) is 8.90. The van der Waals surface area contributed by atoms with E-state index in [0.717, 1.165) is 5.39 Å². The average Bonchev–Trinajstić information content (AvgIpc) is 2.60. The van der Waals surface area contributed by atoms with Gasteiger partial charge in [-0.05, 0) is 18.4 Å². The van der Waals surface area contributed by atoms with Crippen molar-refractivity contribution in [2.24, 2.45) is 0 Å². The van der Waals surface area contributed by atoms with Crippen molar-refractivity contribution < 1.29 is 9.53 Å². The van der Waals surface area contributed by atoms with Crippen LogP contribution < -0.4 is 0 Å². The fourth-order valence-electron chi connectivity index (χ4n) is 2.21. The van der Waals surface area contributed by atoms with E-state index in [1.807, 2.05) is 18.4 Å². The van der Waals surface area contributed by atoms with Gasteiger partial charge in [-0.25, -0.2) is 19.7 Å². The first kappa shape index (κ1) is 15.7. The molecule has 0 radical (unpaired) electrons. The Balaban J connectivity index is 2.20. The molecule has 0 fully saturated rings. The van der Waals surface area contributed by atoms with Gasteiger partial charge in [0.2, 0.25) is 0 Å². The Morgan fingerprint density at radius 1 is 1.26 bits per heavy atom. The Morgan fingerprint density at radius 3 is 2.78 bits per heavy atom. The normalized spacial score (nSPS) is 10.7. The van der Waals surface area contributed by atoms with E-state index in [9.17, 15) is 4.79 Å². The summed E-state index contributed by atoms with van der Waals surface area (Å²) in [7, 11) is 1.34. The number of esters is 1. The Morgan fingerprint density at radius 2 is 2.04 bits per heavy atom. The highest BCUT2D eigenvalue weighted by Crippen LogP contribution is 2.29. The van der Waals surface area contributed by atoms with Crippen molar-refractivity contribution in [1.82, 2.24) is 15.0 Å². The Kier molecular flexibility index (Phi) is 4.45. The summed E-state index contributed by atoms with van der Waals surface area (Å²) in [5.41, 5.74) is 2.24. The molecule has 5 nitrogen and oxygen atoms in total. The van der Waals surface area contributed by atoms with Gasteiger partial charge in [0, 0.05) is 17.1 Å². The lowest BCUT2D eigenvalue weighted by molar-refractivity contribution is 0.0601. The van der Waals surface area contributed by atoms with E-state index >= 15 is 0 Å². The third-order valence-corrected chi connectivity index (χ3v) is 4.12. The number of fused-ring (bicyclic) bond motifs is 1. The number of rotatable bonds is 3. The van der Waals surface area contributed by atoms with Crippen LogP contribution in [0.5, 0.6) is 0 Å². The number of halogens is 1. The van der Waals surface area contributed by atoms with Crippen molar-refractivity contribution in [1.29, 1.82) is 0 Å². The van der Waals surface area contributed by atoms with Gasteiger partial charge in [0.05, 0.1) is 18.4 Å². The molecule has 0 N–H and O–H groups in total. The summed E-state index contributed by atoms with van der Waals surface area (Å²) >= 11 is 7.71. The summed E-state index contributed by atoms with van der Waals surface area (Å²) in [6.07, 6.45) is 3.59. The standard InChI is InChI=1S/C16H12ClN3O2S/c1-22-15(21)11-6-4-3-5-10(11)12-7-9-8-18-16(23-2)20-13(9)14(17)19-12/h3-8H,1-2H3. The molecular weight excluding hydrogens is 334 g/mol. The van der Waals surface area contributed by atoms with Crippen LogP contribution in [0.3, 0.4) is 0 Å². The maximum absolute atomic E-state index is 11.9. The van der Waals surface area contributed by atoms with Gasteiger partial charge >= 0.3 is 5.97 Å². The summed E-state index contributed by atoms with van der Waals surface area (Å²) in [5.74, 6) is -0.424. The number of nitrogens with zero attached hydrogens (tertiary/aromatic N) is 3. The molecule has 0 amide bonds. The van der Waals surface area contributed by atoms with Gasteiger partial charge in [-0.3, -0.25) is 0 Å². The second-order valence-corrected chi connectivity index (χ2v) is 5.76. The Bertz CT molecular complexity index is 902. The molecule has 0 unspecified atom stereocenters. The molecular formula is C16H12ClN3O2S. The molecule has 2 aromatic heterocycles. The second kappa shape index (κ2) is 6.52. The second-order valence-electron chi connectivity index (χ2n) is 4.63. The number of thioether (sulfide) groups is 1. The minimum Gasteiger partial charge on any atom is -0.465 e. The van der Waals surface area contributed by atoms with Crippen LogP contribution in [0.15, 0.2) is 41.7 Å². The van der Waals surface area contributed by atoms with Crippen LogP contribution in [0.2, 0.25) is 5.15 Å². The quantitative estimate of drug-likeness (QED) is 0.311. The van der Waals surface area contributed by atoms with Gasteiger partial charge in [0.15, 0.2) is 10.3 Å². The van der Waals surface area contributed by atoms with E-state index in [0.29, 0.717) is 27.5 Å². The molecule has 3 rings (SSSR count). The van der Waals surface area contributed by atoms with Gasteiger partial charge in [-0.2, -0.15) is 0 Å². The molecule has 0 atom stereocenters. The molecule has 2 heterocycles. The fraction of sp³-hybridized carbons (Fsp3) is 0.125. The van der Waals surface area contributed by atoms with Crippen LogP contribution in [-0.2, 0) is 4.74 Å². The van der Waals surface area contributed by atoms with E-state index in [2.05, 4.69) is 15.0 Å². The number of aromatic nitrogens is 3. The minimum atomic E-state index is -0.424. The van der Waals surface area contributed by atoms with E-state index in [1.165, 1.54) is 18.9 Å². The number of hydrogen-bond acceptors (Lipinski definition) is 6. The Labute approximate surface area is 142 Å². The van der Waals surface area contributed by atoms with E-state index in [4.69, 9.17) is 16.3 Å². The number of carbonyl (C=O) groups excluding carboxylic acids is 1. The lowest BCUT2D eigenvalue weighted by Crippen LogP contribution is -2.04. The number of ether oxygens (including phenoxy) is 1. The van der Waals surface area contributed by atoms with Crippen molar-refractivity contribution in [3.05, 3.63) is 47.2 Å². The zero-order valence-electron chi connectivity index (χ0n) is 12.4. The summed E-state index contributed by atoms with van der Waals surface area (Å²) in [5, 5.41) is 1.66. The van der Waals surface area contributed by atoms with Crippen molar-refractivity contribution in [3.63, 3.8) is 0 Å². The predicted octanol–water partition coefficient (Wildman–Crippen LogP) is 3.85. The lowest BCUT2D eigenvalue weighted by Gasteiger charge is -2.09. The smallest absolute Gasteiger partial charge is 0.338 e. The van der Waals surface area contributed by atoms with Gasteiger partial charge < -0.3 is 4.74 Å². The molecule has 0 aliphatic heterocycles. The van der Waals surface area contributed by atoms with Crippen LogP contribution >= 0.6 is 23.4 Å². The predicted molar refractivity (Wildman–Crippen MR) is 90.9 cm³/mol. The monoisotopic (exact) mass is 345 g/mol. The first-order valence-electron chi connectivity index (χ1n) is 6.69. The topological polar surface area (TPSA) is 65.0 Å². The summed E-state index contributed by atoms with van der Waals surface area (Å²) < 4.78 is 4.82.